The molecule has 0 spiro atoms. The van der Waals surface area contributed by atoms with E-state index in [1.165, 1.54) is 0 Å². The summed E-state index contributed by atoms with van der Waals surface area (Å²) in [5.41, 5.74) is 1.08. The van der Waals surface area contributed by atoms with Gasteiger partial charge in [0.2, 0.25) is 5.95 Å². The van der Waals surface area contributed by atoms with Crippen LogP contribution in [0.25, 0.3) is 0 Å². The highest BCUT2D eigenvalue weighted by atomic mass is 15.1. The molecule has 0 saturated carbocycles. The van der Waals surface area contributed by atoms with Gasteiger partial charge >= 0.3 is 0 Å². The highest BCUT2D eigenvalue weighted by Gasteiger charge is 2.04. The number of nitrogens with zero attached hydrogens (tertiary/aromatic N) is 3. The number of rotatable bonds is 7. The van der Waals surface area contributed by atoms with E-state index in [0.717, 1.165) is 30.9 Å². The molecule has 18 heavy (non-hydrogen) atoms. The molecule has 5 heteroatoms. The third kappa shape index (κ3) is 4.49. The van der Waals surface area contributed by atoms with Crippen molar-refractivity contribution in [3.05, 3.63) is 11.8 Å². The first-order chi connectivity index (χ1) is 8.54. The molecule has 5 nitrogen and oxygen atoms in total. The maximum atomic E-state index is 4.40. The van der Waals surface area contributed by atoms with Crippen LogP contribution in [0, 0.1) is 6.92 Å². The highest BCUT2D eigenvalue weighted by molar-refractivity contribution is 5.46. The first-order valence-corrected chi connectivity index (χ1v) is 6.50. The third-order valence-corrected chi connectivity index (χ3v) is 3.06. The predicted molar refractivity (Wildman–Crippen MR) is 77.2 cm³/mol. The number of aryl methyl sites for hydroxylation is 1. The zero-order valence-corrected chi connectivity index (χ0v) is 12.1. The van der Waals surface area contributed by atoms with E-state index in [4.69, 9.17) is 0 Å². The van der Waals surface area contributed by atoms with Gasteiger partial charge in [-0.1, -0.05) is 0 Å². The van der Waals surface area contributed by atoms with E-state index in [-0.39, 0.29) is 0 Å². The number of aromatic nitrogens is 2. The summed E-state index contributed by atoms with van der Waals surface area (Å²) in [6.45, 7) is 8.45. The Bertz CT molecular complexity index is 364. The Kier molecular flexibility index (Phi) is 5.85. The van der Waals surface area contributed by atoms with Crippen LogP contribution in [0.15, 0.2) is 6.20 Å². The quantitative estimate of drug-likeness (QED) is 0.726. The largest absolute Gasteiger partial charge is 0.370 e. The zero-order chi connectivity index (χ0) is 13.5. The molecule has 0 saturated heterocycles. The molecule has 0 aliphatic heterocycles. The minimum Gasteiger partial charge on any atom is -0.370 e. The lowest BCUT2D eigenvalue weighted by Crippen LogP contribution is -2.28. The van der Waals surface area contributed by atoms with Crippen molar-refractivity contribution >= 4 is 11.8 Å². The average molecular weight is 251 g/mol. The standard InChI is InChI=1S/C13H25N5/c1-10(2)18(5)8-6-7-15-12-11(3)9-16-13(14-4)17-12/h9-10H,6-8H2,1-5H3,(H2,14,15,16,17). The van der Waals surface area contributed by atoms with E-state index in [9.17, 15) is 0 Å². The summed E-state index contributed by atoms with van der Waals surface area (Å²) in [5, 5.41) is 6.31. The molecule has 0 fully saturated rings. The van der Waals surface area contributed by atoms with Gasteiger partial charge in [0, 0.05) is 31.4 Å². The molecule has 1 aromatic rings. The number of hydrogen-bond donors (Lipinski definition) is 2. The van der Waals surface area contributed by atoms with Gasteiger partial charge in [0.05, 0.1) is 0 Å². The lowest BCUT2D eigenvalue weighted by molar-refractivity contribution is 0.273. The normalized spacial score (nSPS) is 11.1. The van der Waals surface area contributed by atoms with Crippen molar-refractivity contribution in [1.82, 2.24) is 14.9 Å². The van der Waals surface area contributed by atoms with Crippen LogP contribution in [0.2, 0.25) is 0 Å². The summed E-state index contributed by atoms with van der Waals surface area (Å²) in [6, 6.07) is 0.599. The fourth-order valence-corrected chi connectivity index (χ4v) is 1.53. The van der Waals surface area contributed by atoms with Gasteiger partial charge in [-0.05, 0) is 40.8 Å². The number of anilines is 2. The molecule has 1 aromatic heterocycles. The van der Waals surface area contributed by atoms with Crippen molar-refractivity contribution in [3.63, 3.8) is 0 Å². The van der Waals surface area contributed by atoms with Crippen molar-refractivity contribution < 1.29 is 0 Å². The zero-order valence-electron chi connectivity index (χ0n) is 12.1. The Morgan fingerprint density at radius 2 is 2.11 bits per heavy atom. The highest BCUT2D eigenvalue weighted by Crippen LogP contribution is 2.11. The van der Waals surface area contributed by atoms with Crippen molar-refractivity contribution in [1.29, 1.82) is 0 Å². The molecule has 0 aliphatic carbocycles. The van der Waals surface area contributed by atoms with Crippen LogP contribution in [-0.2, 0) is 0 Å². The van der Waals surface area contributed by atoms with Crippen LogP contribution in [0.1, 0.15) is 25.8 Å². The average Bonchev–Trinajstić information content (AvgIpc) is 2.36. The van der Waals surface area contributed by atoms with Crippen molar-refractivity contribution in [3.8, 4) is 0 Å². The molecule has 102 valence electrons. The van der Waals surface area contributed by atoms with E-state index in [2.05, 4.69) is 46.4 Å². The van der Waals surface area contributed by atoms with E-state index >= 15 is 0 Å². The van der Waals surface area contributed by atoms with E-state index < -0.39 is 0 Å². The van der Waals surface area contributed by atoms with Crippen LogP contribution in [0.3, 0.4) is 0 Å². The number of nitrogens with one attached hydrogen (secondary N) is 2. The molecule has 1 rings (SSSR count). The summed E-state index contributed by atoms with van der Waals surface area (Å²) in [6.07, 6.45) is 2.94. The van der Waals surface area contributed by atoms with Gasteiger partial charge in [-0.25, -0.2) is 4.98 Å². The fourth-order valence-electron chi connectivity index (χ4n) is 1.53. The van der Waals surface area contributed by atoms with Gasteiger partial charge in [-0.2, -0.15) is 4.98 Å². The Balaban J connectivity index is 2.39. The molecule has 0 bridgehead atoms. The molecule has 0 aliphatic rings. The van der Waals surface area contributed by atoms with Gasteiger partial charge in [0.1, 0.15) is 5.82 Å². The minimum absolute atomic E-state index is 0.599. The Morgan fingerprint density at radius 1 is 1.39 bits per heavy atom. The van der Waals surface area contributed by atoms with Crippen LogP contribution in [0.4, 0.5) is 11.8 Å². The van der Waals surface area contributed by atoms with Gasteiger partial charge in [-0.3, -0.25) is 0 Å². The molecule has 2 N–H and O–H groups in total. The second kappa shape index (κ2) is 7.16. The maximum absolute atomic E-state index is 4.40. The summed E-state index contributed by atoms with van der Waals surface area (Å²) < 4.78 is 0. The van der Waals surface area contributed by atoms with Gasteiger partial charge in [-0.15, -0.1) is 0 Å². The lowest BCUT2D eigenvalue weighted by atomic mass is 10.3. The monoisotopic (exact) mass is 251 g/mol. The lowest BCUT2D eigenvalue weighted by Gasteiger charge is -2.20. The molecule has 0 amide bonds. The van der Waals surface area contributed by atoms with Crippen molar-refractivity contribution in [2.45, 2.75) is 33.2 Å². The Hall–Kier alpha value is -1.36. The van der Waals surface area contributed by atoms with Crippen LogP contribution in [0.5, 0.6) is 0 Å². The van der Waals surface area contributed by atoms with Crippen molar-refractivity contribution in [2.24, 2.45) is 0 Å². The van der Waals surface area contributed by atoms with Crippen LogP contribution >= 0.6 is 0 Å². The van der Waals surface area contributed by atoms with E-state index in [0.29, 0.717) is 12.0 Å². The second-order valence-corrected chi connectivity index (χ2v) is 4.83. The SMILES string of the molecule is CNc1ncc(C)c(NCCCN(C)C(C)C)n1. The number of hydrogen-bond acceptors (Lipinski definition) is 5. The smallest absolute Gasteiger partial charge is 0.224 e. The van der Waals surface area contributed by atoms with Crippen LogP contribution < -0.4 is 10.6 Å². The first-order valence-electron chi connectivity index (χ1n) is 6.50. The van der Waals surface area contributed by atoms with Gasteiger partial charge in [0.25, 0.3) is 0 Å². The predicted octanol–water partition coefficient (Wildman–Crippen LogP) is 1.97. The third-order valence-electron chi connectivity index (χ3n) is 3.06. The summed E-state index contributed by atoms with van der Waals surface area (Å²) in [4.78, 5) is 10.9. The van der Waals surface area contributed by atoms with E-state index in [1.807, 2.05) is 20.2 Å². The molecular weight excluding hydrogens is 226 g/mol. The molecule has 1 heterocycles. The molecular formula is C13H25N5. The first kappa shape index (κ1) is 14.7. The van der Waals surface area contributed by atoms with Crippen molar-refractivity contribution in [2.75, 3.05) is 37.8 Å². The molecule has 0 atom stereocenters. The Labute approximate surface area is 110 Å². The maximum Gasteiger partial charge on any atom is 0.224 e. The topological polar surface area (TPSA) is 53.1 Å². The van der Waals surface area contributed by atoms with E-state index in [1.54, 1.807) is 0 Å². The van der Waals surface area contributed by atoms with Gasteiger partial charge in [0.15, 0.2) is 0 Å². The summed E-state index contributed by atoms with van der Waals surface area (Å²) >= 11 is 0. The molecule has 0 aromatic carbocycles. The summed E-state index contributed by atoms with van der Waals surface area (Å²) in [7, 11) is 3.98. The Morgan fingerprint density at radius 3 is 2.72 bits per heavy atom. The second-order valence-electron chi connectivity index (χ2n) is 4.83. The molecule has 0 radical (unpaired) electrons. The van der Waals surface area contributed by atoms with Crippen LogP contribution in [-0.4, -0.2) is 48.1 Å². The minimum atomic E-state index is 0.599. The van der Waals surface area contributed by atoms with Gasteiger partial charge < -0.3 is 15.5 Å². The fraction of sp³-hybridized carbons (Fsp3) is 0.692. The molecule has 0 unspecified atom stereocenters. The summed E-state index contributed by atoms with van der Waals surface area (Å²) in [5.74, 6) is 1.57.